The van der Waals surface area contributed by atoms with Crippen molar-refractivity contribution in [3.63, 3.8) is 0 Å². The molecule has 8 heteroatoms. The lowest BCUT2D eigenvalue weighted by atomic mass is 10.1. The summed E-state index contributed by atoms with van der Waals surface area (Å²) in [4.78, 5) is 29.3. The number of rotatable bonds is 4. The third-order valence-corrected chi connectivity index (χ3v) is 4.22. The van der Waals surface area contributed by atoms with E-state index < -0.39 is 0 Å². The molecule has 2 N–H and O–H groups in total. The minimum absolute atomic E-state index is 0.241. The number of pyridine rings is 1. The molecule has 0 aromatic carbocycles. The molecule has 3 aromatic heterocycles. The quantitative estimate of drug-likeness (QED) is 0.739. The Kier molecular flexibility index (Phi) is 3.66. The van der Waals surface area contributed by atoms with Crippen LogP contribution in [0.3, 0.4) is 0 Å². The molecular weight excluding hydrogens is 306 g/mol. The van der Waals surface area contributed by atoms with E-state index in [1.807, 2.05) is 13.3 Å². The molecule has 4 heterocycles. The second-order valence-electron chi connectivity index (χ2n) is 5.85. The Morgan fingerprint density at radius 3 is 2.88 bits per heavy atom. The molecule has 24 heavy (non-hydrogen) atoms. The summed E-state index contributed by atoms with van der Waals surface area (Å²) in [7, 11) is 0. The van der Waals surface area contributed by atoms with Crippen LogP contribution in [0.25, 0.3) is 11.0 Å². The van der Waals surface area contributed by atoms with Gasteiger partial charge in [0, 0.05) is 25.5 Å². The van der Waals surface area contributed by atoms with Gasteiger partial charge in [-0.2, -0.15) is 0 Å². The Morgan fingerprint density at radius 2 is 2.17 bits per heavy atom. The summed E-state index contributed by atoms with van der Waals surface area (Å²) in [5, 5.41) is 6.14. The summed E-state index contributed by atoms with van der Waals surface area (Å²) in [5.41, 5.74) is 2.79. The van der Waals surface area contributed by atoms with Crippen molar-refractivity contribution in [2.24, 2.45) is 0 Å². The van der Waals surface area contributed by atoms with E-state index in [1.165, 1.54) is 0 Å². The van der Waals surface area contributed by atoms with Gasteiger partial charge in [-0.25, -0.2) is 9.97 Å². The third-order valence-electron chi connectivity index (χ3n) is 4.22. The van der Waals surface area contributed by atoms with Gasteiger partial charge in [0.15, 0.2) is 0 Å². The van der Waals surface area contributed by atoms with Crippen molar-refractivity contribution in [2.75, 3.05) is 13.1 Å². The maximum atomic E-state index is 12.5. The summed E-state index contributed by atoms with van der Waals surface area (Å²) >= 11 is 0. The third kappa shape index (κ3) is 2.61. The molecule has 4 rings (SSSR count). The monoisotopic (exact) mass is 323 g/mol. The van der Waals surface area contributed by atoms with E-state index in [9.17, 15) is 4.79 Å². The van der Waals surface area contributed by atoms with Crippen LogP contribution in [0.2, 0.25) is 0 Å². The van der Waals surface area contributed by atoms with Crippen molar-refractivity contribution in [1.29, 1.82) is 0 Å². The highest BCUT2D eigenvalue weighted by Crippen LogP contribution is 2.20. The molecule has 1 atom stereocenters. The van der Waals surface area contributed by atoms with Gasteiger partial charge in [0.1, 0.15) is 11.2 Å². The highest BCUT2D eigenvalue weighted by Gasteiger charge is 2.21. The van der Waals surface area contributed by atoms with E-state index in [0.717, 1.165) is 24.1 Å². The predicted octanol–water partition coefficient (Wildman–Crippen LogP) is 0.857. The van der Waals surface area contributed by atoms with Crippen LogP contribution in [0.1, 0.15) is 35.2 Å². The number of carbonyl (C=O) groups excluding carboxylic acids is 1. The fraction of sp³-hybridized carbons (Fsp3) is 0.312. The first-order valence-electron chi connectivity index (χ1n) is 7.82. The lowest BCUT2D eigenvalue weighted by Crippen LogP contribution is -2.43. The Labute approximate surface area is 138 Å². The number of carbonyl (C=O) groups is 1. The Morgan fingerprint density at radius 1 is 1.29 bits per heavy atom. The highest BCUT2D eigenvalue weighted by molar-refractivity contribution is 5.95. The van der Waals surface area contributed by atoms with Crippen LogP contribution in [-0.4, -0.2) is 43.5 Å². The van der Waals surface area contributed by atoms with Crippen molar-refractivity contribution in [3.8, 4) is 0 Å². The van der Waals surface area contributed by atoms with Gasteiger partial charge < -0.3 is 15.2 Å². The topological polar surface area (TPSA) is 97.6 Å². The van der Waals surface area contributed by atoms with Gasteiger partial charge in [0.25, 0.3) is 5.91 Å². The van der Waals surface area contributed by atoms with Crippen LogP contribution in [0.5, 0.6) is 0 Å². The van der Waals surface area contributed by atoms with Crippen LogP contribution >= 0.6 is 0 Å². The van der Waals surface area contributed by atoms with Crippen molar-refractivity contribution < 1.29 is 4.79 Å². The zero-order valence-corrected chi connectivity index (χ0v) is 13.2. The van der Waals surface area contributed by atoms with Gasteiger partial charge in [0.2, 0.25) is 0 Å². The largest absolute Gasteiger partial charge is 0.343 e. The molecule has 0 radical (unpaired) electrons. The number of imidazole rings is 1. The summed E-state index contributed by atoms with van der Waals surface area (Å²) < 4.78 is 2.09. The summed E-state index contributed by atoms with van der Waals surface area (Å²) in [6, 6.07) is 1.93. The number of nitrogens with one attached hydrogen (secondary N) is 2. The maximum absolute atomic E-state index is 12.5. The standard InChI is InChI=1S/C16H17N7O/c1-10(13-7-17-2-3-19-13)22-16(24)12-4-15-14(8-20-12)21-9-23(15)11-5-18-6-11/h2-4,7-11,18H,5-6H2,1H3,(H,22,24). The molecule has 1 aliphatic heterocycles. The molecule has 0 saturated carbocycles. The molecule has 8 nitrogen and oxygen atoms in total. The molecule has 3 aromatic rings. The SMILES string of the molecule is CC(NC(=O)c1cc2c(cn1)ncn2C1CNC1)c1cnccn1. The number of fused-ring (bicyclic) bond motifs is 1. The van der Waals surface area contributed by atoms with E-state index in [2.05, 4.69) is 35.1 Å². The number of nitrogens with zero attached hydrogens (tertiary/aromatic N) is 5. The molecular formula is C16H17N7O. The minimum Gasteiger partial charge on any atom is -0.343 e. The van der Waals surface area contributed by atoms with Crippen LogP contribution < -0.4 is 10.6 Å². The first kappa shape index (κ1) is 14.7. The van der Waals surface area contributed by atoms with Crippen LogP contribution in [0.15, 0.2) is 37.2 Å². The maximum Gasteiger partial charge on any atom is 0.270 e. The van der Waals surface area contributed by atoms with Crippen molar-refractivity contribution in [2.45, 2.75) is 19.0 Å². The summed E-state index contributed by atoms with van der Waals surface area (Å²) in [6.45, 7) is 3.70. The van der Waals surface area contributed by atoms with Crippen molar-refractivity contribution >= 4 is 16.9 Å². The fourth-order valence-electron chi connectivity index (χ4n) is 2.69. The lowest BCUT2D eigenvalue weighted by Gasteiger charge is -2.28. The molecule has 122 valence electrons. The first-order chi connectivity index (χ1) is 11.7. The van der Waals surface area contributed by atoms with Gasteiger partial charge in [-0.15, -0.1) is 0 Å². The molecule has 1 aliphatic rings. The molecule has 1 unspecified atom stereocenters. The van der Waals surface area contributed by atoms with E-state index in [0.29, 0.717) is 17.4 Å². The van der Waals surface area contributed by atoms with Crippen molar-refractivity contribution in [3.05, 3.63) is 48.6 Å². The van der Waals surface area contributed by atoms with Crippen LogP contribution in [-0.2, 0) is 0 Å². The number of aromatic nitrogens is 5. The molecule has 1 amide bonds. The lowest BCUT2D eigenvalue weighted by molar-refractivity contribution is 0.0934. The second kappa shape index (κ2) is 5.97. The van der Waals surface area contributed by atoms with Gasteiger partial charge >= 0.3 is 0 Å². The predicted molar refractivity (Wildman–Crippen MR) is 87.3 cm³/mol. The van der Waals surface area contributed by atoms with Gasteiger partial charge in [-0.1, -0.05) is 0 Å². The zero-order chi connectivity index (χ0) is 16.5. The average molecular weight is 323 g/mol. The van der Waals surface area contributed by atoms with Crippen LogP contribution in [0.4, 0.5) is 0 Å². The van der Waals surface area contributed by atoms with E-state index in [-0.39, 0.29) is 11.9 Å². The Balaban J connectivity index is 1.57. The molecule has 0 bridgehead atoms. The second-order valence-corrected chi connectivity index (χ2v) is 5.85. The fourth-order valence-corrected chi connectivity index (χ4v) is 2.69. The normalized spacial score (nSPS) is 15.9. The molecule has 0 spiro atoms. The molecule has 1 fully saturated rings. The van der Waals surface area contributed by atoms with E-state index in [1.54, 1.807) is 30.9 Å². The zero-order valence-electron chi connectivity index (χ0n) is 13.2. The highest BCUT2D eigenvalue weighted by atomic mass is 16.1. The Bertz CT molecular complexity index is 873. The number of amides is 1. The summed E-state index contributed by atoms with van der Waals surface area (Å²) in [6.07, 6.45) is 8.29. The average Bonchev–Trinajstić information content (AvgIpc) is 2.97. The van der Waals surface area contributed by atoms with E-state index in [4.69, 9.17) is 0 Å². The van der Waals surface area contributed by atoms with Gasteiger partial charge in [0.05, 0.1) is 42.0 Å². The van der Waals surface area contributed by atoms with Gasteiger partial charge in [-0.3, -0.25) is 14.8 Å². The first-order valence-corrected chi connectivity index (χ1v) is 7.82. The van der Waals surface area contributed by atoms with Gasteiger partial charge in [-0.05, 0) is 13.0 Å². The minimum atomic E-state index is -0.246. The van der Waals surface area contributed by atoms with Crippen molar-refractivity contribution in [1.82, 2.24) is 35.1 Å². The molecule has 1 saturated heterocycles. The Hall–Kier alpha value is -2.87. The number of hydrogen-bond donors (Lipinski definition) is 2. The molecule has 0 aliphatic carbocycles. The van der Waals surface area contributed by atoms with E-state index >= 15 is 0 Å². The van der Waals surface area contributed by atoms with Crippen LogP contribution in [0, 0.1) is 0 Å². The summed E-state index contributed by atoms with van der Waals surface area (Å²) in [5.74, 6) is -0.241. The smallest absolute Gasteiger partial charge is 0.270 e. The number of hydrogen-bond acceptors (Lipinski definition) is 6.